The van der Waals surface area contributed by atoms with Crippen LogP contribution in [-0.4, -0.2) is 47.7 Å². The molecule has 2 atom stereocenters. The molecule has 1 aromatic carbocycles. The molecular weight excluding hydrogens is 300 g/mol. The van der Waals surface area contributed by atoms with Crippen LogP contribution >= 0.6 is 0 Å². The highest BCUT2D eigenvalue weighted by molar-refractivity contribution is 5.68. The van der Waals surface area contributed by atoms with Crippen molar-refractivity contribution in [1.82, 2.24) is 9.80 Å². The van der Waals surface area contributed by atoms with Crippen molar-refractivity contribution in [3.63, 3.8) is 0 Å². The smallest absolute Gasteiger partial charge is 0.410 e. The van der Waals surface area contributed by atoms with Crippen molar-refractivity contribution in [1.29, 1.82) is 0 Å². The quantitative estimate of drug-likeness (QED) is 0.827. The Hall–Kier alpha value is -1.55. The van der Waals surface area contributed by atoms with Gasteiger partial charge in [0.1, 0.15) is 5.60 Å². The molecule has 2 fully saturated rings. The molecule has 0 unspecified atom stereocenters. The zero-order chi connectivity index (χ0) is 17.2. The van der Waals surface area contributed by atoms with Crippen molar-refractivity contribution in [2.75, 3.05) is 26.2 Å². The highest BCUT2D eigenvalue weighted by Crippen LogP contribution is 2.32. The largest absolute Gasteiger partial charge is 0.444 e. The monoisotopic (exact) mass is 330 g/mol. The average molecular weight is 330 g/mol. The summed E-state index contributed by atoms with van der Waals surface area (Å²) in [7, 11) is 0. The molecule has 0 spiro atoms. The van der Waals surface area contributed by atoms with Crippen LogP contribution in [0.3, 0.4) is 0 Å². The molecule has 0 N–H and O–H groups in total. The molecule has 0 saturated carbocycles. The van der Waals surface area contributed by atoms with Crippen LogP contribution in [-0.2, 0) is 11.3 Å². The van der Waals surface area contributed by atoms with Crippen LogP contribution in [0.5, 0.6) is 0 Å². The highest BCUT2D eigenvalue weighted by atomic mass is 16.6. The van der Waals surface area contributed by atoms with Gasteiger partial charge in [0.05, 0.1) is 0 Å². The van der Waals surface area contributed by atoms with Crippen molar-refractivity contribution < 1.29 is 9.53 Å². The van der Waals surface area contributed by atoms with Crippen molar-refractivity contribution in [3.8, 4) is 0 Å². The summed E-state index contributed by atoms with van der Waals surface area (Å²) in [6, 6.07) is 10.7. The van der Waals surface area contributed by atoms with Gasteiger partial charge in [0.2, 0.25) is 0 Å². The minimum atomic E-state index is -0.409. The summed E-state index contributed by atoms with van der Waals surface area (Å²) in [6.45, 7) is 10.8. The van der Waals surface area contributed by atoms with Crippen LogP contribution < -0.4 is 0 Å². The Morgan fingerprint density at radius 2 is 1.67 bits per heavy atom. The van der Waals surface area contributed by atoms with E-state index in [4.69, 9.17) is 4.74 Å². The van der Waals surface area contributed by atoms with Gasteiger partial charge in [-0.15, -0.1) is 0 Å². The van der Waals surface area contributed by atoms with Gasteiger partial charge in [-0.2, -0.15) is 0 Å². The third-order valence-electron chi connectivity index (χ3n) is 5.11. The standard InChI is InChI=1S/C20H30N2O2/c1-20(2,3)24-19(23)22-14-17-9-11-21(12-10-18(17)15-22)13-16-7-5-4-6-8-16/h4-8,17-18H,9-15H2,1-3H3/t17-,18-/m1/s1. The second-order valence-corrected chi connectivity index (χ2v) is 8.24. The first-order chi connectivity index (χ1) is 11.4. The lowest BCUT2D eigenvalue weighted by atomic mass is 9.92. The predicted molar refractivity (Wildman–Crippen MR) is 95.7 cm³/mol. The van der Waals surface area contributed by atoms with Crippen LogP contribution in [0.4, 0.5) is 4.79 Å². The fourth-order valence-corrected chi connectivity index (χ4v) is 3.88. The maximum Gasteiger partial charge on any atom is 0.410 e. The number of rotatable bonds is 2. The van der Waals surface area contributed by atoms with E-state index in [9.17, 15) is 4.79 Å². The van der Waals surface area contributed by atoms with Crippen LogP contribution in [0.2, 0.25) is 0 Å². The fourth-order valence-electron chi connectivity index (χ4n) is 3.88. The number of benzene rings is 1. The van der Waals surface area contributed by atoms with Crippen LogP contribution in [0, 0.1) is 11.8 Å². The SMILES string of the molecule is CC(C)(C)OC(=O)N1C[C@H]2CCN(Cc3ccccc3)CC[C@@H]2C1. The molecule has 4 heteroatoms. The summed E-state index contributed by atoms with van der Waals surface area (Å²) in [4.78, 5) is 16.8. The third-order valence-corrected chi connectivity index (χ3v) is 5.11. The van der Waals surface area contributed by atoms with Gasteiger partial charge in [0, 0.05) is 19.6 Å². The number of nitrogens with zero attached hydrogens (tertiary/aromatic N) is 2. The number of carbonyl (C=O) groups is 1. The van der Waals surface area contributed by atoms with Crippen molar-refractivity contribution >= 4 is 6.09 Å². The molecule has 0 aliphatic carbocycles. The van der Waals surface area contributed by atoms with Gasteiger partial charge in [-0.05, 0) is 64.1 Å². The van der Waals surface area contributed by atoms with E-state index in [1.807, 2.05) is 25.7 Å². The number of fused-ring (bicyclic) bond motifs is 1. The summed E-state index contributed by atoms with van der Waals surface area (Å²) in [5.41, 5.74) is 0.980. The number of hydrogen-bond donors (Lipinski definition) is 0. The summed E-state index contributed by atoms with van der Waals surface area (Å²) in [5, 5.41) is 0. The van der Waals surface area contributed by atoms with Crippen molar-refractivity contribution in [3.05, 3.63) is 35.9 Å². The lowest BCUT2D eigenvalue weighted by molar-refractivity contribution is 0.0280. The molecule has 2 aliphatic heterocycles. The number of carbonyl (C=O) groups excluding carboxylic acids is 1. The Bertz CT molecular complexity index is 537. The molecule has 0 bridgehead atoms. The Balaban J connectivity index is 1.52. The molecule has 2 aliphatic rings. The van der Waals surface area contributed by atoms with Gasteiger partial charge < -0.3 is 9.64 Å². The number of hydrogen-bond acceptors (Lipinski definition) is 3. The number of amides is 1. The Morgan fingerprint density at radius 3 is 2.21 bits per heavy atom. The van der Waals surface area contributed by atoms with Crippen LogP contribution in [0.1, 0.15) is 39.2 Å². The maximum atomic E-state index is 12.3. The van der Waals surface area contributed by atoms with E-state index >= 15 is 0 Å². The zero-order valence-electron chi connectivity index (χ0n) is 15.2. The topological polar surface area (TPSA) is 32.8 Å². The van der Waals surface area contributed by atoms with Crippen molar-refractivity contribution in [2.24, 2.45) is 11.8 Å². The van der Waals surface area contributed by atoms with Crippen molar-refractivity contribution in [2.45, 2.75) is 45.8 Å². The lowest BCUT2D eigenvalue weighted by Crippen LogP contribution is -2.36. The molecule has 24 heavy (non-hydrogen) atoms. The second kappa shape index (κ2) is 7.14. The highest BCUT2D eigenvalue weighted by Gasteiger charge is 2.38. The minimum Gasteiger partial charge on any atom is -0.444 e. The van der Waals surface area contributed by atoms with E-state index in [2.05, 4.69) is 35.2 Å². The van der Waals surface area contributed by atoms with E-state index < -0.39 is 5.60 Å². The summed E-state index contributed by atoms with van der Waals surface area (Å²) in [5.74, 6) is 1.25. The molecule has 132 valence electrons. The fraction of sp³-hybridized carbons (Fsp3) is 0.650. The van der Waals surface area contributed by atoms with Crippen LogP contribution in [0.25, 0.3) is 0 Å². The molecular formula is C20H30N2O2. The summed E-state index contributed by atoms with van der Waals surface area (Å²) in [6.07, 6.45) is 2.21. The first kappa shape index (κ1) is 17.3. The third kappa shape index (κ3) is 4.50. The predicted octanol–water partition coefficient (Wildman–Crippen LogP) is 3.77. The lowest BCUT2D eigenvalue weighted by Gasteiger charge is -2.25. The van der Waals surface area contributed by atoms with Gasteiger partial charge >= 0.3 is 6.09 Å². The Kier molecular flexibility index (Phi) is 5.14. The molecule has 0 aromatic heterocycles. The molecule has 3 rings (SSSR count). The zero-order valence-corrected chi connectivity index (χ0v) is 15.2. The number of ether oxygens (including phenoxy) is 1. The maximum absolute atomic E-state index is 12.3. The Morgan fingerprint density at radius 1 is 1.08 bits per heavy atom. The molecule has 2 saturated heterocycles. The van der Waals surface area contributed by atoms with Gasteiger partial charge in [-0.1, -0.05) is 30.3 Å². The molecule has 1 aromatic rings. The van der Waals surface area contributed by atoms with Gasteiger partial charge in [-0.3, -0.25) is 4.90 Å². The first-order valence-electron chi connectivity index (χ1n) is 9.15. The molecule has 0 radical (unpaired) electrons. The summed E-state index contributed by atoms with van der Waals surface area (Å²) >= 11 is 0. The van der Waals surface area contributed by atoms with Gasteiger partial charge in [0.15, 0.2) is 0 Å². The normalized spacial score (nSPS) is 25.2. The number of likely N-dealkylation sites (tertiary alicyclic amines) is 2. The van der Waals surface area contributed by atoms with Gasteiger partial charge in [-0.25, -0.2) is 4.79 Å². The van der Waals surface area contributed by atoms with E-state index in [-0.39, 0.29) is 6.09 Å². The second-order valence-electron chi connectivity index (χ2n) is 8.24. The molecule has 4 nitrogen and oxygen atoms in total. The average Bonchev–Trinajstić information content (AvgIpc) is 2.84. The molecule has 1 amide bonds. The Labute approximate surface area is 145 Å². The van der Waals surface area contributed by atoms with E-state index in [1.165, 1.54) is 18.4 Å². The first-order valence-corrected chi connectivity index (χ1v) is 9.15. The molecule has 2 heterocycles. The van der Waals surface area contributed by atoms with E-state index in [0.29, 0.717) is 11.8 Å². The van der Waals surface area contributed by atoms with Crippen LogP contribution in [0.15, 0.2) is 30.3 Å². The van der Waals surface area contributed by atoms with E-state index in [0.717, 1.165) is 32.7 Å². The van der Waals surface area contributed by atoms with Gasteiger partial charge in [0.25, 0.3) is 0 Å². The van der Waals surface area contributed by atoms with E-state index in [1.54, 1.807) is 0 Å². The summed E-state index contributed by atoms with van der Waals surface area (Å²) < 4.78 is 5.54. The minimum absolute atomic E-state index is 0.142.